The van der Waals surface area contributed by atoms with Gasteiger partial charge in [-0.3, -0.25) is 10.1 Å². The van der Waals surface area contributed by atoms with Crippen molar-refractivity contribution in [2.24, 2.45) is 0 Å². The molecule has 1 N–H and O–H groups in total. The zero-order chi connectivity index (χ0) is 17.8. The summed E-state index contributed by atoms with van der Waals surface area (Å²) in [5, 5.41) is 5.30. The Labute approximate surface area is 159 Å². The Hall–Kier alpha value is -2.18. The van der Waals surface area contributed by atoms with Crippen LogP contribution in [0.15, 0.2) is 52.3 Å². The number of benzene rings is 2. The average molecular weight is 417 g/mol. The van der Waals surface area contributed by atoms with Crippen LogP contribution >= 0.6 is 27.3 Å². The van der Waals surface area contributed by atoms with Crippen molar-refractivity contribution < 1.29 is 9.53 Å². The SMILES string of the molecule is Cc1ccc(C)c(-c2csc(NC(=O)COc3ccccc3Br)n2)c1. The lowest BCUT2D eigenvalue weighted by Gasteiger charge is -2.07. The van der Waals surface area contributed by atoms with Gasteiger partial charge in [-0.15, -0.1) is 11.3 Å². The standard InChI is InChI=1S/C19H17BrN2O2S/c1-12-7-8-13(2)14(9-12)16-11-25-19(21-16)22-18(23)10-24-17-6-4-3-5-15(17)20/h3-9,11H,10H2,1-2H3,(H,21,22,23). The van der Waals surface area contributed by atoms with E-state index in [1.54, 1.807) is 6.07 Å². The molecule has 0 aliphatic rings. The van der Waals surface area contributed by atoms with Crippen molar-refractivity contribution in [1.82, 2.24) is 4.98 Å². The van der Waals surface area contributed by atoms with Gasteiger partial charge in [-0.2, -0.15) is 0 Å². The number of aromatic nitrogens is 1. The number of thiazole rings is 1. The van der Waals surface area contributed by atoms with Crippen LogP contribution in [0.25, 0.3) is 11.3 Å². The number of rotatable bonds is 5. The van der Waals surface area contributed by atoms with Crippen molar-refractivity contribution >= 4 is 38.3 Å². The highest BCUT2D eigenvalue weighted by molar-refractivity contribution is 9.10. The second kappa shape index (κ2) is 7.80. The summed E-state index contributed by atoms with van der Waals surface area (Å²) in [5.74, 6) is 0.394. The highest BCUT2D eigenvalue weighted by atomic mass is 79.9. The third-order valence-electron chi connectivity index (χ3n) is 3.61. The third-order valence-corrected chi connectivity index (χ3v) is 5.03. The first-order valence-electron chi connectivity index (χ1n) is 7.73. The molecule has 1 heterocycles. The Morgan fingerprint density at radius 3 is 2.84 bits per heavy atom. The summed E-state index contributed by atoms with van der Waals surface area (Å²) >= 11 is 4.79. The molecule has 3 rings (SSSR count). The zero-order valence-corrected chi connectivity index (χ0v) is 16.3. The number of hydrogen-bond acceptors (Lipinski definition) is 4. The van der Waals surface area contributed by atoms with E-state index >= 15 is 0 Å². The van der Waals surface area contributed by atoms with Crippen LogP contribution in [0.1, 0.15) is 11.1 Å². The first-order valence-corrected chi connectivity index (χ1v) is 9.40. The smallest absolute Gasteiger partial charge is 0.264 e. The van der Waals surface area contributed by atoms with Crippen LogP contribution in [0.3, 0.4) is 0 Å². The van der Waals surface area contributed by atoms with E-state index in [2.05, 4.69) is 58.3 Å². The number of carbonyl (C=O) groups excluding carboxylic acids is 1. The molecule has 0 bridgehead atoms. The number of anilines is 1. The van der Waals surface area contributed by atoms with Gasteiger partial charge in [0.05, 0.1) is 10.2 Å². The van der Waals surface area contributed by atoms with Crippen LogP contribution in [-0.2, 0) is 4.79 Å². The number of carbonyl (C=O) groups is 1. The van der Waals surface area contributed by atoms with E-state index in [4.69, 9.17) is 4.74 Å². The van der Waals surface area contributed by atoms with E-state index in [1.807, 2.05) is 23.6 Å². The Morgan fingerprint density at radius 2 is 2.04 bits per heavy atom. The number of ether oxygens (including phenoxy) is 1. The zero-order valence-electron chi connectivity index (χ0n) is 13.9. The molecule has 0 unspecified atom stereocenters. The van der Waals surface area contributed by atoms with Crippen LogP contribution < -0.4 is 10.1 Å². The van der Waals surface area contributed by atoms with Crippen molar-refractivity contribution in [3.63, 3.8) is 0 Å². The molecule has 1 aromatic heterocycles. The van der Waals surface area contributed by atoms with Gasteiger partial charge >= 0.3 is 0 Å². The van der Waals surface area contributed by atoms with E-state index in [0.717, 1.165) is 21.3 Å². The Morgan fingerprint density at radius 1 is 1.24 bits per heavy atom. The summed E-state index contributed by atoms with van der Waals surface area (Å²) < 4.78 is 6.33. The predicted molar refractivity (Wildman–Crippen MR) is 105 cm³/mol. The Kier molecular flexibility index (Phi) is 5.50. The molecule has 0 radical (unpaired) electrons. The molecule has 0 spiro atoms. The molecular weight excluding hydrogens is 400 g/mol. The van der Waals surface area contributed by atoms with Crippen LogP contribution in [0.2, 0.25) is 0 Å². The van der Waals surface area contributed by atoms with Gasteiger partial charge in [0.15, 0.2) is 11.7 Å². The molecule has 1 amide bonds. The highest BCUT2D eigenvalue weighted by Crippen LogP contribution is 2.28. The number of amides is 1. The molecule has 0 saturated carbocycles. The monoisotopic (exact) mass is 416 g/mol. The van der Waals surface area contributed by atoms with Gasteiger partial charge in [-0.1, -0.05) is 29.8 Å². The first-order chi connectivity index (χ1) is 12.0. The van der Waals surface area contributed by atoms with Crippen molar-refractivity contribution in [1.29, 1.82) is 0 Å². The lowest BCUT2D eigenvalue weighted by atomic mass is 10.0. The lowest BCUT2D eigenvalue weighted by Crippen LogP contribution is -2.20. The summed E-state index contributed by atoms with van der Waals surface area (Å²) in [6.07, 6.45) is 0. The molecular formula is C19H17BrN2O2S. The topological polar surface area (TPSA) is 51.2 Å². The fraction of sp³-hybridized carbons (Fsp3) is 0.158. The lowest BCUT2D eigenvalue weighted by molar-refractivity contribution is -0.118. The van der Waals surface area contributed by atoms with E-state index in [9.17, 15) is 4.79 Å². The summed E-state index contributed by atoms with van der Waals surface area (Å²) in [6, 6.07) is 13.7. The fourth-order valence-corrected chi connectivity index (χ4v) is 3.45. The fourth-order valence-electron chi connectivity index (χ4n) is 2.33. The quantitative estimate of drug-likeness (QED) is 0.620. The van der Waals surface area contributed by atoms with E-state index < -0.39 is 0 Å². The Bertz CT molecular complexity index is 908. The number of nitrogens with zero attached hydrogens (tertiary/aromatic N) is 1. The molecule has 6 heteroatoms. The number of halogens is 1. The van der Waals surface area contributed by atoms with E-state index in [0.29, 0.717) is 10.9 Å². The van der Waals surface area contributed by atoms with Gasteiger partial charge in [0.1, 0.15) is 5.75 Å². The summed E-state index contributed by atoms with van der Waals surface area (Å²) in [7, 11) is 0. The van der Waals surface area contributed by atoms with Crippen molar-refractivity contribution in [2.75, 3.05) is 11.9 Å². The van der Waals surface area contributed by atoms with Gasteiger partial charge in [0, 0.05) is 10.9 Å². The van der Waals surface area contributed by atoms with Crippen molar-refractivity contribution in [3.05, 3.63) is 63.4 Å². The third kappa shape index (κ3) is 4.46. The van der Waals surface area contributed by atoms with E-state index in [-0.39, 0.29) is 12.5 Å². The molecule has 0 fully saturated rings. The summed E-state index contributed by atoms with van der Waals surface area (Å²) in [4.78, 5) is 16.6. The van der Waals surface area contributed by atoms with Gasteiger partial charge < -0.3 is 4.74 Å². The van der Waals surface area contributed by atoms with Crippen molar-refractivity contribution in [2.45, 2.75) is 13.8 Å². The molecule has 3 aromatic rings. The number of para-hydroxylation sites is 1. The number of aryl methyl sites for hydroxylation is 2. The molecule has 0 atom stereocenters. The van der Waals surface area contributed by atoms with Gasteiger partial charge in [0.2, 0.25) is 0 Å². The van der Waals surface area contributed by atoms with Crippen LogP contribution in [0, 0.1) is 13.8 Å². The maximum absolute atomic E-state index is 12.1. The molecule has 25 heavy (non-hydrogen) atoms. The molecule has 0 aliphatic carbocycles. The van der Waals surface area contributed by atoms with Gasteiger partial charge in [0.25, 0.3) is 5.91 Å². The maximum atomic E-state index is 12.1. The maximum Gasteiger partial charge on any atom is 0.264 e. The molecule has 4 nitrogen and oxygen atoms in total. The van der Waals surface area contributed by atoms with Crippen LogP contribution in [-0.4, -0.2) is 17.5 Å². The molecule has 0 aliphatic heterocycles. The Balaban J connectivity index is 1.64. The minimum Gasteiger partial charge on any atom is -0.483 e. The number of nitrogens with one attached hydrogen (secondary N) is 1. The van der Waals surface area contributed by atoms with Gasteiger partial charge in [-0.05, 0) is 53.5 Å². The highest BCUT2D eigenvalue weighted by Gasteiger charge is 2.11. The van der Waals surface area contributed by atoms with Crippen molar-refractivity contribution in [3.8, 4) is 17.0 Å². The summed E-state index contributed by atoms with van der Waals surface area (Å²) in [6.45, 7) is 4.04. The van der Waals surface area contributed by atoms with Gasteiger partial charge in [-0.25, -0.2) is 4.98 Å². The second-order valence-corrected chi connectivity index (χ2v) is 7.34. The van der Waals surface area contributed by atoms with E-state index in [1.165, 1.54) is 16.9 Å². The summed E-state index contributed by atoms with van der Waals surface area (Å²) in [5.41, 5.74) is 4.29. The molecule has 128 valence electrons. The average Bonchev–Trinajstić information content (AvgIpc) is 3.04. The first kappa shape index (κ1) is 17.6. The van der Waals surface area contributed by atoms with Crippen LogP contribution in [0.5, 0.6) is 5.75 Å². The molecule has 2 aromatic carbocycles. The largest absolute Gasteiger partial charge is 0.483 e. The minimum atomic E-state index is -0.238. The van der Waals surface area contributed by atoms with Crippen LogP contribution in [0.4, 0.5) is 5.13 Å². The second-order valence-electron chi connectivity index (χ2n) is 5.62. The number of hydrogen-bond donors (Lipinski definition) is 1. The predicted octanol–water partition coefficient (Wildman–Crippen LogP) is 5.21. The molecule has 0 saturated heterocycles. The normalized spacial score (nSPS) is 10.5. The minimum absolute atomic E-state index is 0.0685.